The summed E-state index contributed by atoms with van der Waals surface area (Å²) in [5.74, 6) is 0.125. The number of imidazole rings is 1. The molecule has 2 aromatic carbocycles. The van der Waals surface area contributed by atoms with E-state index in [4.69, 9.17) is 10.7 Å². The van der Waals surface area contributed by atoms with Gasteiger partial charge in [0.25, 0.3) is 5.91 Å². The second-order valence-electron chi connectivity index (χ2n) is 7.62. The quantitative estimate of drug-likeness (QED) is 0.532. The molecule has 0 atom stereocenters. The van der Waals surface area contributed by atoms with Gasteiger partial charge in [0, 0.05) is 31.0 Å². The number of pyridine rings is 1. The minimum atomic E-state index is -0.511. The first kappa shape index (κ1) is 18.8. The summed E-state index contributed by atoms with van der Waals surface area (Å²) in [6, 6.07) is 15.1. The molecular formula is C24H20N6O. The highest BCUT2D eigenvalue weighted by Gasteiger charge is 2.23. The molecule has 3 heterocycles. The Bertz CT molecular complexity index is 1340. The van der Waals surface area contributed by atoms with Crippen molar-refractivity contribution in [3.8, 4) is 28.6 Å². The van der Waals surface area contributed by atoms with Crippen LogP contribution in [0.4, 0.5) is 5.69 Å². The molecule has 7 heteroatoms. The van der Waals surface area contributed by atoms with E-state index in [2.05, 4.69) is 20.9 Å². The molecule has 0 spiro atoms. The Labute approximate surface area is 179 Å². The molecule has 0 unspecified atom stereocenters. The lowest BCUT2D eigenvalue weighted by atomic mass is 10.00. The maximum absolute atomic E-state index is 11.9. The fraction of sp³-hybridized carbons (Fsp3) is 0.167. The van der Waals surface area contributed by atoms with Crippen LogP contribution >= 0.6 is 0 Å². The molecule has 1 amide bonds. The molecule has 0 saturated carbocycles. The molecule has 7 nitrogen and oxygen atoms in total. The summed E-state index contributed by atoms with van der Waals surface area (Å²) >= 11 is 0. The maximum Gasteiger partial charge on any atom is 0.250 e. The van der Waals surface area contributed by atoms with E-state index < -0.39 is 5.91 Å². The minimum absolute atomic E-state index is 0.383. The summed E-state index contributed by atoms with van der Waals surface area (Å²) in [5.41, 5.74) is 11.6. The number of fused-ring (bicyclic) bond motifs is 1. The van der Waals surface area contributed by atoms with Crippen LogP contribution in [0.1, 0.15) is 28.8 Å². The molecule has 0 radical (unpaired) electrons. The highest BCUT2D eigenvalue weighted by molar-refractivity contribution is 6.05. The van der Waals surface area contributed by atoms with Crippen LogP contribution in [0.2, 0.25) is 0 Å². The fourth-order valence-corrected chi connectivity index (χ4v) is 4.23. The van der Waals surface area contributed by atoms with Gasteiger partial charge in [-0.1, -0.05) is 18.2 Å². The molecule has 0 aliphatic carbocycles. The number of para-hydroxylation sites is 1. The van der Waals surface area contributed by atoms with Crippen molar-refractivity contribution in [1.82, 2.24) is 15.0 Å². The number of carbonyl (C=O) groups excluding carboxylic acids is 1. The van der Waals surface area contributed by atoms with Gasteiger partial charge in [-0.25, -0.2) is 4.98 Å². The molecule has 1 aliphatic rings. The first-order valence-corrected chi connectivity index (χ1v) is 10.2. The second kappa shape index (κ2) is 7.58. The Morgan fingerprint density at radius 1 is 1.10 bits per heavy atom. The molecule has 5 rings (SSSR count). The van der Waals surface area contributed by atoms with E-state index in [9.17, 15) is 10.1 Å². The lowest BCUT2D eigenvalue weighted by Crippen LogP contribution is -2.20. The lowest BCUT2D eigenvalue weighted by molar-refractivity contribution is 0.100. The van der Waals surface area contributed by atoms with Gasteiger partial charge in [-0.05, 0) is 42.7 Å². The Balaban J connectivity index is 1.74. The average molecular weight is 408 g/mol. The number of nitrogens with one attached hydrogen (secondary N) is 1. The van der Waals surface area contributed by atoms with Gasteiger partial charge < -0.3 is 15.6 Å². The van der Waals surface area contributed by atoms with Crippen molar-refractivity contribution in [2.75, 3.05) is 18.0 Å². The Morgan fingerprint density at radius 2 is 1.87 bits per heavy atom. The third kappa shape index (κ3) is 3.28. The molecule has 1 saturated heterocycles. The number of nitrogens with zero attached hydrogens (tertiary/aromatic N) is 4. The number of hydrogen-bond donors (Lipinski definition) is 2. The van der Waals surface area contributed by atoms with Crippen molar-refractivity contribution in [3.05, 3.63) is 66.0 Å². The van der Waals surface area contributed by atoms with Crippen LogP contribution in [-0.4, -0.2) is 33.9 Å². The van der Waals surface area contributed by atoms with E-state index in [1.807, 2.05) is 30.5 Å². The van der Waals surface area contributed by atoms with Gasteiger partial charge in [0.15, 0.2) is 0 Å². The highest BCUT2D eigenvalue weighted by Crippen LogP contribution is 2.40. The van der Waals surface area contributed by atoms with Gasteiger partial charge in [0.2, 0.25) is 0 Å². The lowest BCUT2D eigenvalue weighted by Gasteiger charge is -2.24. The second-order valence-corrected chi connectivity index (χ2v) is 7.62. The third-order valence-electron chi connectivity index (χ3n) is 5.68. The van der Waals surface area contributed by atoms with Crippen LogP contribution in [0.25, 0.3) is 33.5 Å². The summed E-state index contributed by atoms with van der Waals surface area (Å²) in [4.78, 5) is 26.8. The Kier molecular flexibility index (Phi) is 4.60. The minimum Gasteiger partial charge on any atom is -0.370 e. The molecule has 3 N–H and O–H groups in total. The van der Waals surface area contributed by atoms with Crippen molar-refractivity contribution < 1.29 is 4.79 Å². The van der Waals surface area contributed by atoms with Gasteiger partial charge in [-0.2, -0.15) is 5.26 Å². The zero-order valence-corrected chi connectivity index (χ0v) is 16.8. The number of primary amides is 1. The van der Waals surface area contributed by atoms with E-state index in [1.54, 1.807) is 24.4 Å². The third-order valence-corrected chi connectivity index (χ3v) is 5.68. The monoisotopic (exact) mass is 408 g/mol. The molecule has 152 valence electrons. The topological polar surface area (TPSA) is 112 Å². The Hall–Kier alpha value is -4.18. The molecule has 4 aromatic rings. The summed E-state index contributed by atoms with van der Waals surface area (Å²) < 4.78 is 0. The van der Waals surface area contributed by atoms with Crippen LogP contribution < -0.4 is 10.6 Å². The van der Waals surface area contributed by atoms with Crippen molar-refractivity contribution in [1.29, 1.82) is 5.26 Å². The molecule has 1 fully saturated rings. The molecule has 31 heavy (non-hydrogen) atoms. The van der Waals surface area contributed by atoms with Gasteiger partial charge in [0.05, 0.1) is 34.0 Å². The number of nitrogens with two attached hydrogens (primary N) is 1. The SMILES string of the molecule is N#Cc1cccc(-c2cncc(-c3nc4c(C(N)=O)cccc4[nH]3)c2N2CCCC2)c1. The molecule has 1 aliphatic heterocycles. The van der Waals surface area contributed by atoms with Crippen LogP contribution in [0, 0.1) is 11.3 Å². The van der Waals surface area contributed by atoms with Crippen LogP contribution in [0.5, 0.6) is 0 Å². The van der Waals surface area contributed by atoms with Gasteiger partial charge in [-0.3, -0.25) is 9.78 Å². The fourth-order valence-electron chi connectivity index (χ4n) is 4.23. The number of rotatable bonds is 4. The zero-order valence-electron chi connectivity index (χ0n) is 16.8. The number of amides is 1. The number of H-pyrrole nitrogens is 1. The summed E-state index contributed by atoms with van der Waals surface area (Å²) in [5, 5.41) is 9.35. The van der Waals surface area contributed by atoms with Crippen LogP contribution in [0.15, 0.2) is 54.9 Å². The smallest absolute Gasteiger partial charge is 0.250 e. The van der Waals surface area contributed by atoms with Crippen molar-refractivity contribution >= 4 is 22.6 Å². The highest BCUT2D eigenvalue weighted by atomic mass is 16.1. The molecular weight excluding hydrogens is 388 g/mol. The number of aromatic nitrogens is 3. The van der Waals surface area contributed by atoms with Gasteiger partial charge in [-0.15, -0.1) is 0 Å². The number of hydrogen-bond acceptors (Lipinski definition) is 5. The van der Waals surface area contributed by atoms with Crippen molar-refractivity contribution in [2.45, 2.75) is 12.8 Å². The predicted molar refractivity (Wildman–Crippen MR) is 119 cm³/mol. The number of anilines is 1. The van der Waals surface area contributed by atoms with E-state index in [0.29, 0.717) is 22.5 Å². The zero-order chi connectivity index (χ0) is 21.4. The van der Waals surface area contributed by atoms with Crippen LogP contribution in [0.3, 0.4) is 0 Å². The van der Waals surface area contributed by atoms with E-state index >= 15 is 0 Å². The summed E-state index contributed by atoms with van der Waals surface area (Å²) in [7, 11) is 0. The Morgan fingerprint density at radius 3 is 2.65 bits per heavy atom. The maximum atomic E-state index is 11.9. The van der Waals surface area contributed by atoms with E-state index in [-0.39, 0.29) is 0 Å². The van der Waals surface area contributed by atoms with Crippen LogP contribution in [-0.2, 0) is 0 Å². The average Bonchev–Trinajstić information content (AvgIpc) is 3.48. The summed E-state index contributed by atoms with van der Waals surface area (Å²) in [6.07, 6.45) is 5.87. The largest absolute Gasteiger partial charge is 0.370 e. The number of carbonyl (C=O) groups is 1. The van der Waals surface area contributed by atoms with Gasteiger partial charge in [0.1, 0.15) is 11.3 Å². The number of nitriles is 1. The first-order chi connectivity index (χ1) is 15.2. The van der Waals surface area contributed by atoms with Gasteiger partial charge >= 0.3 is 0 Å². The van der Waals surface area contributed by atoms with E-state index in [0.717, 1.165) is 53.8 Å². The van der Waals surface area contributed by atoms with Crippen molar-refractivity contribution in [2.24, 2.45) is 5.73 Å². The molecule has 2 aromatic heterocycles. The standard InChI is InChI=1S/C24H20N6O/c25-12-15-5-3-6-16(11-15)18-13-27-14-19(22(18)30-9-1-2-10-30)24-28-20-8-4-7-17(23(26)31)21(20)29-24/h3-8,11,13-14H,1-2,9-10H2,(H2,26,31)(H,28,29). The normalized spacial score (nSPS) is 13.5. The number of benzene rings is 2. The molecule has 0 bridgehead atoms. The van der Waals surface area contributed by atoms with Crippen molar-refractivity contribution in [3.63, 3.8) is 0 Å². The number of aromatic amines is 1. The first-order valence-electron chi connectivity index (χ1n) is 10.2. The predicted octanol–water partition coefficient (Wildman–Crippen LogP) is 3.86. The van der Waals surface area contributed by atoms with E-state index in [1.165, 1.54) is 0 Å². The summed E-state index contributed by atoms with van der Waals surface area (Å²) in [6.45, 7) is 1.88.